The summed E-state index contributed by atoms with van der Waals surface area (Å²) in [4.78, 5) is 11.5. The van der Waals surface area contributed by atoms with Gasteiger partial charge in [-0.05, 0) is 26.1 Å². The van der Waals surface area contributed by atoms with E-state index in [0.717, 1.165) is 6.42 Å². The quantitative estimate of drug-likeness (QED) is 0.637. The highest BCUT2D eigenvalue weighted by atomic mass is 28.4. The second-order valence-corrected chi connectivity index (χ2v) is 9.25. The van der Waals surface area contributed by atoms with Gasteiger partial charge in [-0.15, -0.1) is 0 Å². The summed E-state index contributed by atoms with van der Waals surface area (Å²) < 4.78 is 5.99. The standard InChI is InChI=1S/C11H24O2Si/c1-7-10(12)9(3)11(8-2)13-14(4,5)6/h9,11H,7-8H2,1-6H3/t9-,11+/m1/s1. The molecule has 0 fully saturated rings. The van der Waals surface area contributed by atoms with Crippen LogP contribution in [0.4, 0.5) is 0 Å². The minimum absolute atomic E-state index is 0.0525. The third kappa shape index (κ3) is 4.91. The molecule has 0 aliphatic carbocycles. The summed E-state index contributed by atoms with van der Waals surface area (Å²) in [5.74, 6) is 0.367. The summed E-state index contributed by atoms with van der Waals surface area (Å²) in [5.41, 5.74) is 0. The number of ketones is 1. The average molecular weight is 216 g/mol. The van der Waals surface area contributed by atoms with Crippen molar-refractivity contribution in [1.29, 1.82) is 0 Å². The molecule has 0 bridgehead atoms. The number of carbonyl (C=O) groups is 1. The summed E-state index contributed by atoms with van der Waals surface area (Å²) in [6.45, 7) is 12.5. The predicted octanol–water partition coefficient (Wildman–Crippen LogP) is 3.23. The molecule has 3 heteroatoms. The van der Waals surface area contributed by atoms with Crippen LogP contribution in [0, 0.1) is 5.92 Å². The van der Waals surface area contributed by atoms with E-state index in [0.29, 0.717) is 12.2 Å². The molecular formula is C11H24O2Si. The zero-order chi connectivity index (χ0) is 11.4. The van der Waals surface area contributed by atoms with Crippen LogP contribution in [0.2, 0.25) is 19.6 Å². The summed E-state index contributed by atoms with van der Waals surface area (Å²) in [7, 11) is -1.51. The molecule has 0 heterocycles. The van der Waals surface area contributed by atoms with E-state index in [1.807, 2.05) is 13.8 Å². The minimum atomic E-state index is -1.51. The first-order chi connectivity index (χ1) is 6.31. The van der Waals surface area contributed by atoms with Crippen molar-refractivity contribution in [1.82, 2.24) is 0 Å². The Bertz CT molecular complexity index is 184. The van der Waals surface area contributed by atoms with Gasteiger partial charge in [0.1, 0.15) is 5.78 Å². The molecular weight excluding hydrogens is 192 g/mol. The fourth-order valence-electron chi connectivity index (χ4n) is 1.52. The first-order valence-electron chi connectivity index (χ1n) is 5.52. The highest BCUT2D eigenvalue weighted by molar-refractivity contribution is 6.69. The molecule has 0 rings (SSSR count). The third-order valence-electron chi connectivity index (χ3n) is 2.32. The fourth-order valence-corrected chi connectivity index (χ4v) is 2.80. The van der Waals surface area contributed by atoms with Crippen LogP contribution >= 0.6 is 0 Å². The van der Waals surface area contributed by atoms with Crippen molar-refractivity contribution in [3.05, 3.63) is 0 Å². The summed E-state index contributed by atoms with van der Waals surface area (Å²) in [6, 6.07) is 0. The Hall–Kier alpha value is -0.153. The van der Waals surface area contributed by atoms with Crippen molar-refractivity contribution in [3.8, 4) is 0 Å². The molecule has 2 atom stereocenters. The molecule has 0 saturated heterocycles. The molecule has 0 spiro atoms. The molecule has 84 valence electrons. The van der Waals surface area contributed by atoms with Crippen LogP contribution in [0.3, 0.4) is 0 Å². The molecule has 0 aromatic rings. The summed E-state index contributed by atoms with van der Waals surface area (Å²) in [6.07, 6.45) is 1.67. The Labute approximate surface area is 89.2 Å². The monoisotopic (exact) mass is 216 g/mol. The van der Waals surface area contributed by atoms with Crippen molar-refractivity contribution in [2.45, 2.75) is 59.4 Å². The van der Waals surface area contributed by atoms with Crippen molar-refractivity contribution in [2.75, 3.05) is 0 Å². The van der Waals surface area contributed by atoms with Crippen LogP contribution in [0.25, 0.3) is 0 Å². The van der Waals surface area contributed by atoms with E-state index in [2.05, 4.69) is 26.6 Å². The van der Waals surface area contributed by atoms with Gasteiger partial charge in [0.15, 0.2) is 8.32 Å². The van der Waals surface area contributed by atoms with Gasteiger partial charge in [-0.2, -0.15) is 0 Å². The smallest absolute Gasteiger partial charge is 0.184 e. The zero-order valence-electron chi connectivity index (χ0n) is 10.4. The van der Waals surface area contributed by atoms with Gasteiger partial charge in [0, 0.05) is 12.3 Å². The minimum Gasteiger partial charge on any atom is -0.414 e. The van der Waals surface area contributed by atoms with Crippen LogP contribution in [0.15, 0.2) is 0 Å². The molecule has 0 aromatic carbocycles. The summed E-state index contributed by atoms with van der Waals surface area (Å²) >= 11 is 0. The molecule has 0 amide bonds. The highest BCUT2D eigenvalue weighted by Crippen LogP contribution is 2.18. The maximum absolute atomic E-state index is 11.5. The second-order valence-electron chi connectivity index (χ2n) is 4.79. The molecule has 14 heavy (non-hydrogen) atoms. The second kappa shape index (κ2) is 5.66. The molecule has 0 aromatic heterocycles. The lowest BCUT2D eigenvalue weighted by atomic mass is 9.96. The Morgan fingerprint density at radius 1 is 1.29 bits per heavy atom. The normalized spacial score (nSPS) is 16.4. The van der Waals surface area contributed by atoms with E-state index < -0.39 is 8.32 Å². The van der Waals surface area contributed by atoms with E-state index >= 15 is 0 Å². The van der Waals surface area contributed by atoms with Gasteiger partial charge in [0.2, 0.25) is 0 Å². The van der Waals surface area contributed by atoms with E-state index in [9.17, 15) is 4.79 Å². The first-order valence-corrected chi connectivity index (χ1v) is 8.93. The number of rotatable bonds is 6. The third-order valence-corrected chi connectivity index (χ3v) is 3.33. The molecule has 0 aliphatic rings. The van der Waals surface area contributed by atoms with Gasteiger partial charge in [-0.25, -0.2) is 0 Å². The lowest BCUT2D eigenvalue weighted by molar-refractivity contribution is -0.124. The van der Waals surface area contributed by atoms with E-state index in [1.54, 1.807) is 0 Å². The van der Waals surface area contributed by atoms with Crippen molar-refractivity contribution in [3.63, 3.8) is 0 Å². The average Bonchev–Trinajstić information content (AvgIpc) is 2.10. The lowest BCUT2D eigenvalue weighted by Gasteiger charge is -2.29. The molecule has 0 radical (unpaired) electrons. The molecule has 2 nitrogen and oxygen atoms in total. The number of hydrogen-bond acceptors (Lipinski definition) is 2. The van der Waals surface area contributed by atoms with Gasteiger partial charge in [-0.1, -0.05) is 20.8 Å². The van der Waals surface area contributed by atoms with E-state index in [4.69, 9.17) is 4.43 Å². The molecule has 0 aliphatic heterocycles. The number of carbonyl (C=O) groups excluding carboxylic acids is 1. The van der Waals surface area contributed by atoms with Crippen LogP contribution in [-0.4, -0.2) is 20.2 Å². The molecule has 0 saturated carbocycles. The fraction of sp³-hybridized carbons (Fsp3) is 0.909. The zero-order valence-corrected chi connectivity index (χ0v) is 11.4. The number of Topliss-reactive ketones (excluding diaryl/α,β-unsaturated/α-hetero) is 1. The predicted molar refractivity (Wildman–Crippen MR) is 63.0 cm³/mol. The molecule has 0 N–H and O–H groups in total. The van der Waals surface area contributed by atoms with E-state index in [-0.39, 0.29) is 12.0 Å². The largest absolute Gasteiger partial charge is 0.414 e. The summed E-state index contributed by atoms with van der Waals surface area (Å²) in [5, 5.41) is 0. The maximum atomic E-state index is 11.5. The first kappa shape index (κ1) is 13.8. The van der Waals surface area contributed by atoms with Gasteiger partial charge < -0.3 is 4.43 Å². The number of hydrogen-bond donors (Lipinski definition) is 0. The van der Waals surface area contributed by atoms with Gasteiger partial charge in [0.25, 0.3) is 0 Å². The topological polar surface area (TPSA) is 26.3 Å². The van der Waals surface area contributed by atoms with Crippen LogP contribution in [0.5, 0.6) is 0 Å². The van der Waals surface area contributed by atoms with Gasteiger partial charge in [0.05, 0.1) is 6.10 Å². The Morgan fingerprint density at radius 3 is 2.07 bits per heavy atom. The Kier molecular flexibility index (Phi) is 5.60. The SMILES string of the molecule is CCC(=O)[C@@H](C)[C@H](CC)O[Si](C)(C)C. The van der Waals surface area contributed by atoms with Crippen LogP contribution in [-0.2, 0) is 9.22 Å². The van der Waals surface area contributed by atoms with Crippen LogP contribution in [0.1, 0.15) is 33.6 Å². The van der Waals surface area contributed by atoms with Crippen LogP contribution < -0.4 is 0 Å². The van der Waals surface area contributed by atoms with Crippen molar-refractivity contribution < 1.29 is 9.22 Å². The van der Waals surface area contributed by atoms with Crippen molar-refractivity contribution in [2.24, 2.45) is 5.92 Å². The van der Waals surface area contributed by atoms with Gasteiger partial charge >= 0.3 is 0 Å². The molecule has 0 unspecified atom stereocenters. The van der Waals surface area contributed by atoms with Gasteiger partial charge in [-0.3, -0.25) is 4.79 Å². The Balaban J connectivity index is 4.33. The Morgan fingerprint density at radius 2 is 1.79 bits per heavy atom. The lowest BCUT2D eigenvalue weighted by Crippen LogP contribution is -2.37. The highest BCUT2D eigenvalue weighted by Gasteiger charge is 2.27. The van der Waals surface area contributed by atoms with E-state index in [1.165, 1.54) is 0 Å². The van der Waals surface area contributed by atoms with Crippen molar-refractivity contribution >= 4 is 14.1 Å². The maximum Gasteiger partial charge on any atom is 0.184 e.